The number of rotatable bonds is 5. The van der Waals surface area contributed by atoms with E-state index < -0.39 is 0 Å². The third kappa shape index (κ3) is 4.24. The van der Waals surface area contributed by atoms with Gasteiger partial charge in [0.1, 0.15) is 0 Å². The number of benzene rings is 3. The van der Waals surface area contributed by atoms with Crippen LogP contribution in [0, 0.1) is 20.4 Å². The third-order valence-electron chi connectivity index (χ3n) is 6.41. The largest absolute Gasteiger partial charge is 0.316 e. The first-order valence-corrected chi connectivity index (χ1v) is 11.7. The highest BCUT2D eigenvalue weighted by molar-refractivity contribution is 5.78. The van der Waals surface area contributed by atoms with Crippen LogP contribution in [0.5, 0.6) is 0 Å². The number of aryl methyl sites for hydroxylation is 2. The van der Waals surface area contributed by atoms with Gasteiger partial charge >= 0.3 is 0 Å². The molecule has 33 heavy (non-hydrogen) atoms. The summed E-state index contributed by atoms with van der Waals surface area (Å²) in [5.74, 6) is 0.734. The molecule has 0 saturated heterocycles. The lowest BCUT2D eigenvalue weighted by Gasteiger charge is -2.25. The van der Waals surface area contributed by atoms with Gasteiger partial charge in [0.05, 0.1) is 18.0 Å². The van der Waals surface area contributed by atoms with Crippen molar-refractivity contribution in [2.45, 2.75) is 53.4 Å². The Hall–Kier alpha value is -3.57. The minimum absolute atomic E-state index is 0.367. The zero-order chi connectivity index (χ0) is 23.7. The van der Waals surface area contributed by atoms with Crippen molar-refractivity contribution in [3.63, 3.8) is 0 Å². The fourth-order valence-electron chi connectivity index (χ4n) is 4.86. The van der Waals surface area contributed by atoms with Gasteiger partial charge in [0.25, 0.3) is 0 Å². The Bertz CT molecular complexity index is 1280. The maximum atomic E-state index is 7.41. The molecule has 0 amide bonds. The van der Waals surface area contributed by atoms with Crippen molar-refractivity contribution in [3.8, 4) is 28.1 Å². The van der Waals surface area contributed by atoms with E-state index in [9.17, 15) is 0 Å². The van der Waals surface area contributed by atoms with E-state index in [0.717, 1.165) is 11.1 Å². The van der Waals surface area contributed by atoms with Crippen LogP contribution in [0.15, 0.2) is 72.9 Å². The maximum absolute atomic E-state index is 7.41. The monoisotopic (exact) mass is 432 g/mol. The van der Waals surface area contributed by atoms with Gasteiger partial charge in [-0.15, -0.1) is 0 Å². The molecule has 1 heterocycles. The molecule has 0 aliphatic carbocycles. The van der Waals surface area contributed by atoms with E-state index in [2.05, 4.69) is 112 Å². The number of aromatic nitrogens is 1. The van der Waals surface area contributed by atoms with Gasteiger partial charge in [-0.3, -0.25) is 0 Å². The zero-order valence-corrected chi connectivity index (χ0v) is 20.5. The highest BCUT2D eigenvalue weighted by Crippen LogP contribution is 2.40. The van der Waals surface area contributed by atoms with Crippen LogP contribution < -0.4 is 0 Å². The first kappa shape index (κ1) is 22.6. The quantitative estimate of drug-likeness (QED) is 0.278. The Morgan fingerprint density at radius 3 is 1.82 bits per heavy atom. The Morgan fingerprint density at radius 2 is 1.30 bits per heavy atom. The molecule has 0 aliphatic rings. The van der Waals surface area contributed by atoms with Crippen LogP contribution in [0.2, 0.25) is 0 Å². The van der Waals surface area contributed by atoms with E-state index in [-0.39, 0.29) is 0 Å². The molecule has 0 fully saturated rings. The van der Waals surface area contributed by atoms with Crippen molar-refractivity contribution in [3.05, 3.63) is 107 Å². The Balaban J connectivity index is 2.01. The van der Waals surface area contributed by atoms with Crippen LogP contribution in [-0.4, -0.2) is 4.57 Å². The van der Waals surface area contributed by atoms with E-state index >= 15 is 0 Å². The van der Waals surface area contributed by atoms with Gasteiger partial charge in [0.15, 0.2) is 5.69 Å². The van der Waals surface area contributed by atoms with E-state index in [1.807, 2.05) is 12.1 Å². The predicted octanol–water partition coefficient (Wildman–Crippen LogP) is 9.23. The maximum Gasteiger partial charge on any atom is 0.187 e. The molecule has 0 saturated carbocycles. The summed E-state index contributed by atoms with van der Waals surface area (Å²) in [5, 5.41) is 0. The average molecular weight is 433 g/mol. The molecule has 166 valence electrons. The van der Waals surface area contributed by atoms with Crippen LogP contribution in [0.25, 0.3) is 32.9 Å². The molecular weight excluding hydrogens is 400 g/mol. The van der Waals surface area contributed by atoms with Crippen LogP contribution in [0.4, 0.5) is 5.69 Å². The van der Waals surface area contributed by atoms with Gasteiger partial charge in [-0.1, -0.05) is 81.3 Å². The Morgan fingerprint density at radius 1 is 0.727 bits per heavy atom. The predicted molar refractivity (Wildman–Crippen MR) is 141 cm³/mol. The first-order valence-electron chi connectivity index (χ1n) is 11.7. The summed E-state index contributed by atoms with van der Waals surface area (Å²) in [6, 6.07) is 23.7. The highest BCUT2D eigenvalue weighted by Gasteiger charge is 2.21. The number of hydrogen-bond acceptors (Lipinski definition) is 0. The van der Waals surface area contributed by atoms with Crippen molar-refractivity contribution in [1.29, 1.82) is 0 Å². The van der Waals surface area contributed by atoms with E-state index in [1.165, 1.54) is 39.2 Å². The third-order valence-corrected chi connectivity index (χ3v) is 6.41. The summed E-state index contributed by atoms with van der Waals surface area (Å²) in [6.45, 7) is 20.8. The average Bonchev–Trinajstić information content (AvgIpc) is 3.28. The van der Waals surface area contributed by atoms with Gasteiger partial charge in [-0.2, -0.15) is 0 Å². The number of nitrogens with zero attached hydrogens (tertiary/aromatic N) is 2. The van der Waals surface area contributed by atoms with Crippen LogP contribution >= 0.6 is 0 Å². The minimum atomic E-state index is 0.367. The van der Waals surface area contributed by atoms with Gasteiger partial charge in [0.2, 0.25) is 0 Å². The van der Waals surface area contributed by atoms with Crippen molar-refractivity contribution >= 4 is 5.69 Å². The van der Waals surface area contributed by atoms with E-state index in [0.29, 0.717) is 17.5 Å². The van der Waals surface area contributed by atoms with E-state index in [1.54, 1.807) is 0 Å². The fourth-order valence-corrected chi connectivity index (χ4v) is 4.86. The first-order chi connectivity index (χ1) is 15.8. The molecule has 0 radical (unpaired) electrons. The van der Waals surface area contributed by atoms with Gasteiger partial charge in [-0.05, 0) is 77.8 Å². The molecule has 0 aliphatic heterocycles. The molecule has 1 aromatic heterocycles. The fraction of sp³-hybridized carbons (Fsp3) is 0.258. The molecule has 0 atom stereocenters. The molecule has 2 nitrogen and oxygen atoms in total. The van der Waals surface area contributed by atoms with Crippen molar-refractivity contribution in [1.82, 2.24) is 4.57 Å². The van der Waals surface area contributed by atoms with Gasteiger partial charge < -0.3 is 4.57 Å². The molecular formula is C31H32N2. The smallest absolute Gasteiger partial charge is 0.187 e. The summed E-state index contributed by atoms with van der Waals surface area (Å²) in [5.41, 5.74) is 11.9. The lowest BCUT2D eigenvalue weighted by atomic mass is 9.86. The summed E-state index contributed by atoms with van der Waals surface area (Å²) in [6.07, 6.45) is 2.19. The number of hydrogen-bond donors (Lipinski definition) is 0. The summed E-state index contributed by atoms with van der Waals surface area (Å²) in [7, 11) is 0. The SMILES string of the molecule is [C-]#[N+]c1cc(C)c(-c2cc(C(C)C)c(-n3cccc3-c3ccccc3)c(C(C)C)c2)c(C)c1. The van der Waals surface area contributed by atoms with Gasteiger partial charge in [0, 0.05) is 6.20 Å². The van der Waals surface area contributed by atoms with Crippen molar-refractivity contribution in [2.24, 2.45) is 0 Å². The second-order valence-electron chi connectivity index (χ2n) is 9.51. The van der Waals surface area contributed by atoms with Crippen LogP contribution in [0.1, 0.15) is 61.8 Å². The second kappa shape index (κ2) is 9.12. The summed E-state index contributed by atoms with van der Waals surface area (Å²) < 4.78 is 2.37. The topological polar surface area (TPSA) is 9.29 Å². The molecule has 0 spiro atoms. The Labute approximate surface area is 198 Å². The molecule has 2 heteroatoms. The van der Waals surface area contributed by atoms with E-state index in [4.69, 9.17) is 6.57 Å². The van der Waals surface area contributed by atoms with Crippen molar-refractivity contribution < 1.29 is 0 Å². The molecule has 3 aromatic carbocycles. The molecule has 0 N–H and O–H groups in total. The van der Waals surface area contributed by atoms with Crippen molar-refractivity contribution in [2.75, 3.05) is 0 Å². The summed E-state index contributed by atoms with van der Waals surface area (Å²) in [4.78, 5) is 3.65. The molecule has 4 rings (SSSR count). The highest BCUT2D eigenvalue weighted by atomic mass is 15.0. The normalized spacial score (nSPS) is 11.2. The Kier molecular flexibility index (Phi) is 6.25. The van der Waals surface area contributed by atoms with Crippen LogP contribution in [0.3, 0.4) is 0 Å². The lowest BCUT2D eigenvalue weighted by molar-refractivity contribution is 0.808. The standard InChI is InChI=1S/C31H32N2/c1-20(2)27-18-25(30-22(5)16-26(32-7)17-23(30)6)19-28(21(3)4)31(27)33-15-11-14-29(33)24-12-9-8-10-13-24/h8-21H,1-6H3. The summed E-state index contributed by atoms with van der Waals surface area (Å²) >= 11 is 0. The van der Waals surface area contributed by atoms with Gasteiger partial charge in [-0.25, -0.2) is 4.85 Å². The molecule has 4 aromatic rings. The minimum Gasteiger partial charge on any atom is -0.316 e. The van der Waals surface area contributed by atoms with Crippen LogP contribution in [-0.2, 0) is 0 Å². The molecule has 0 unspecified atom stereocenters. The lowest BCUT2D eigenvalue weighted by Crippen LogP contribution is -2.08. The molecule has 0 bridgehead atoms. The second-order valence-corrected chi connectivity index (χ2v) is 9.51. The zero-order valence-electron chi connectivity index (χ0n) is 20.5.